The summed E-state index contributed by atoms with van der Waals surface area (Å²) in [5.41, 5.74) is 1.71. The number of benzene rings is 1. The van der Waals surface area contributed by atoms with E-state index in [1.807, 2.05) is 31.2 Å². The van der Waals surface area contributed by atoms with Gasteiger partial charge in [-0.2, -0.15) is 0 Å². The Bertz CT molecular complexity index is 279. The minimum Gasteiger partial charge on any atom is -0.389 e. The van der Waals surface area contributed by atoms with Crippen LogP contribution in [0.2, 0.25) is 0 Å². The summed E-state index contributed by atoms with van der Waals surface area (Å²) in [7, 11) is 0. The number of nitrogens with zero attached hydrogens (tertiary/aromatic N) is 1. The van der Waals surface area contributed by atoms with Gasteiger partial charge < -0.3 is 5.11 Å². The summed E-state index contributed by atoms with van der Waals surface area (Å²) in [5, 5.41) is 9.36. The van der Waals surface area contributed by atoms with E-state index in [2.05, 4.69) is 4.99 Å². The first-order chi connectivity index (χ1) is 5.75. The van der Waals surface area contributed by atoms with Crippen LogP contribution in [-0.2, 0) is 0 Å². The molecule has 0 aliphatic carbocycles. The predicted molar refractivity (Wildman–Crippen MR) is 50.9 cm³/mol. The minimum atomic E-state index is -0.454. The summed E-state index contributed by atoms with van der Waals surface area (Å²) in [6, 6.07) is 7.58. The summed E-state index contributed by atoms with van der Waals surface area (Å²) < 4.78 is 0. The van der Waals surface area contributed by atoms with Gasteiger partial charge in [0.25, 0.3) is 0 Å². The second-order valence-corrected chi connectivity index (χ2v) is 2.62. The number of rotatable bonds is 2. The molecular weight excluding hydrogens is 150 g/mol. The molecule has 0 heterocycles. The Morgan fingerprint density at radius 3 is 2.67 bits per heavy atom. The van der Waals surface area contributed by atoms with Gasteiger partial charge in [0, 0.05) is 11.8 Å². The van der Waals surface area contributed by atoms with Gasteiger partial charge in [0.2, 0.25) is 0 Å². The van der Waals surface area contributed by atoms with Crippen molar-refractivity contribution in [2.24, 2.45) is 4.99 Å². The van der Waals surface area contributed by atoms with Gasteiger partial charge >= 0.3 is 0 Å². The van der Waals surface area contributed by atoms with Crippen molar-refractivity contribution in [3.05, 3.63) is 29.8 Å². The maximum absolute atomic E-state index is 9.36. The molecule has 64 valence electrons. The van der Waals surface area contributed by atoms with Crippen molar-refractivity contribution < 1.29 is 5.11 Å². The van der Waals surface area contributed by atoms with Crippen LogP contribution in [0.25, 0.3) is 0 Å². The SMILES string of the molecule is C/C=N\c1ccccc1C(C)O. The Morgan fingerprint density at radius 2 is 2.08 bits per heavy atom. The van der Waals surface area contributed by atoms with E-state index >= 15 is 0 Å². The van der Waals surface area contributed by atoms with E-state index in [1.54, 1.807) is 13.1 Å². The van der Waals surface area contributed by atoms with Gasteiger partial charge in [0.1, 0.15) is 0 Å². The van der Waals surface area contributed by atoms with Gasteiger partial charge in [-0.1, -0.05) is 18.2 Å². The lowest BCUT2D eigenvalue weighted by Crippen LogP contribution is -1.90. The van der Waals surface area contributed by atoms with Gasteiger partial charge in [-0.3, -0.25) is 4.99 Å². The molecule has 1 N–H and O–H groups in total. The molecule has 1 atom stereocenters. The van der Waals surface area contributed by atoms with Crippen LogP contribution in [-0.4, -0.2) is 11.3 Å². The first kappa shape index (κ1) is 8.94. The number of aliphatic hydroxyl groups excluding tert-OH is 1. The average molecular weight is 163 g/mol. The molecule has 0 radical (unpaired) electrons. The summed E-state index contributed by atoms with van der Waals surface area (Å²) >= 11 is 0. The van der Waals surface area contributed by atoms with E-state index in [0.29, 0.717) is 0 Å². The van der Waals surface area contributed by atoms with E-state index in [-0.39, 0.29) is 0 Å². The van der Waals surface area contributed by atoms with E-state index in [4.69, 9.17) is 0 Å². The minimum absolute atomic E-state index is 0.454. The molecule has 1 aromatic carbocycles. The smallest absolute Gasteiger partial charge is 0.0782 e. The third kappa shape index (κ3) is 1.92. The number of aliphatic imine (C=N–C) groups is 1. The largest absolute Gasteiger partial charge is 0.389 e. The number of hydrogen-bond acceptors (Lipinski definition) is 2. The van der Waals surface area contributed by atoms with Crippen LogP contribution in [0.4, 0.5) is 5.69 Å². The fraction of sp³-hybridized carbons (Fsp3) is 0.300. The Morgan fingerprint density at radius 1 is 1.42 bits per heavy atom. The van der Waals surface area contributed by atoms with E-state index in [9.17, 15) is 5.11 Å². The Balaban J connectivity index is 3.08. The predicted octanol–water partition coefficient (Wildman–Crippen LogP) is 2.46. The molecule has 0 fully saturated rings. The first-order valence-corrected chi connectivity index (χ1v) is 4.01. The van der Waals surface area contributed by atoms with E-state index in [1.165, 1.54) is 0 Å². The van der Waals surface area contributed by atoms with Crippen LogP contribution in [0, 0.1) is 0 Å². The van der Waals surface area contributed by atoms with Gasteiger partial charge in [0.05, 0.1) is 11.8 Å². The molecule has 0 spiro atoms. The van der Waals surface area contributed by atoms with Crippen LogP contribution in [0.1, 0.15) is 25.5 Å². The molecule has 0 aliphatic heterocycles. The molecule has 1 unspecified atom stereocenters. The van der Waals surface area contributed by atoms with Crippen LogP contribution in [0.3, 0.4) is 0 Å². The molecule has 0 aromatic heterocycles. The second kappa shape index (κ2) is 4.02. The van der Waals surface area contributed by atoms with Gasteiger partial charge in [-0.25, -0.2) is 0 Å². The third-order valence-electron chi connectivity index (χ3n) is 1.66. The Kier molecular flexibility index (Phi) is 3.00. The Hall–Kier alpha value is -1.15. The molecular formula is C10H13NO. The van der Waals surface area contributed by atoms with Crippen LogP contribution in [0.15, 0.2) is 29.3 Å². The maximum atomic E-state index is 9.36. The molecule has 1 rings (SSSR count). The molecule has 0 amide bonds. The fourth-order valence-electron chi connectivity index (χ4n) is 1.10. The van der Waals surface area contributed by atoms with Crippen molar-refractivity contribution in [1.82, 2.24) is 0 Å². The lowest BCUT2D eigenvalue weighted by atomic mass is 10.1. The van der Waals surface area contributed by atoms with Crippen molar-refractivity contribution in [3.63, 3.8) is 0 Å². The summed E-state index contributed by atoms with van der Waals surface area (Å²) in [6.45, 7) is 3.60. The molecule has 2 heteroatoms. The number of hydrogen-bond donors (Lipinski definition) is 1. The molecule has 0 aliphatic rings. The number of para-hydroxylation sites is 1. The van der Waals surface area contributed by atoms with Crippen molar-refractivity contribution in [2.75, 3.05) is 0 Å². The van der Waals surface area contributed by atoms with Crippen LogP contribution >= 0.6 is 0 Å². The third-order valence-corrected chi connectivity index (χ3v) is 1.66. The quantitative estimate of drug-likeness (QED) is 0.667. The molecule has 2 nitrogen and oxygen atoms in total. The number of aliphatic hydroxyl groups is 1. The zero-order valence-corrected chi connectivity index (χ0v) is 7.36. The fourth-order valence-corrected chi connectivity index (χ4v) is 1.10. The van der Waals surface area contributed by atoms with Crippen LogP contribution < -0.4 is 0 Å². The molecule has 0 saturated carbocycles. The highest BCUT2D eigenvalue weighted by Crippen LogP contribution is 2.24. The summed E-state index contributed by atoms with van der Waals surface area (Å²) in [4.78, 5) is 4.14. The highest BCUT2D eigenvalue weighted by Gasteiger charge is 2.04. The van der Waals surface area contributed by atoms with Crippen molar-refractivity contribution in [2.45, 2.75) is 20.0 Å². The summed E-state index contributed by atoms with van der Waals surface area (Å²) in [5.74, 6) is 0. The van der Waals surface area contributed by atoms with E-state index < -0.39 is 6.10 Å². The van der Waals surface area contributed by atoms with Crippen molar-refractivity contribution >= 4 is 11.9 Å². The second-order valence-electron chi connectivity index (χ2n) is 2.62. The highest BCUT2D eigenvalue weighted by atomic mass is 16.3. The zero-order valence-electron chi connectivity index (χ0n) is 7.36. The van der Waals surface area contributed by atoms with Crippen LogP contribution in [0.5, 0.6) is 0 Å². The zero-order chi connectivity index (χ0) is 8.97. The Labute approximate surface area is 72.6 Å². The monoisotopic (exact) mass is 163 g/mol. The molecule has 0 bridgehead atoms. The van der Waals surface area contributed by atoms with Gasteiger partial charge in [-0.15, -0.1) is 0 Å². The molecule has 0 saturated heterocycles. The first-order valence-electron chi connectivity index (χ1n) is 4.01. The average Bonchev–Trinajstić information content (AvgIpc) is 2.05. The van der Waals surface area contributed by atoms with Crippen molar-refractivity contribution in [1.29, 1.82) is 0 Å². The molecule has 1 aromatic rings. The van der Waals surface area contributed by atoms with Crippen molar-refractivity contribution in [3.8, 4) is 0 Å². The molecule has 12 heavy (non-hydrogen) atoms. The standard InChI is InChI=1S/C10H13NO/c1-3-11-10-7-5-4-6-9(10)8(2)12/h3-8,12H,1-2H3/b11-3-. The van der Waals surface area contributed by atoms with Gasteiger partial charge in [-0.05, 0) is 19.9 Å². The topological polar surface area (TPSA) is 32.6 Å². The normalized spacial score (nSPS) is 13.6. The maximum Gasteiger partial charge on any atom is 0.0782 e. The van der Waals surface area contributed by atoms with E-state index in [0.717, 1.165) is 11.3 Å². The lowest BCUT2D eigenvalue weighted by Gasteiger charge is -2.06. The lowest BCUT2D eigenvalue weighted by molar-refractivity contribution is 0.200. The van der Waals surface area contributed by atoms with Gasteiger partial charge in [0.15, 0.2) is 0 Å². The highest BCUT2D eigenvalue weighted by molar-refractivity contribution is 5.62. The summed E-state index contributed by atoms with van der Waals surface area (Å²) in [6.07, 6.45) is 1.27.